The van der Waals surface area contributed by atoms with E-state index in [0.717, 1.165) is 37.4 Å². The van der Waals surface area contributed by atoms with Crippen molar-refractivity contribution in [2.24, 2.45) is 5.92 Å². The highest BCUT2D eigenvalue weighted by molar-refractivity contribution is 5.94. The van der Waals surface area contributed by atoms with E-state index in [0.29, 0.717) is 0 Å². The summed E-state index contributed by atoms with van der Waals surface area (Å²) < 4.78 is 5.18. The second-order valence-electron chi connectivity index (χ2n) is 4.64. The van der Waals surface area contributed by atoms with Gasteiger partial charge in [0.05, 0.1) is 13.0 Å². The Bertz CT molecular complexity index is 414. The Balaban J connectivity index is 2.09. The molecule has 1 aromatic rings. The fourth-order valence-electron chi connectivity index (χ4n) is 2.28. The summed E-state index contributed by atoms with van der Waals surface area (Å²) in [7, 11) is 3.46. The summed E-state index contributed by atoms with van der Waals surface area (Å²) in [4.78, 5) is 14.1. The van der Waals surface area contributed by atoms with Crippen LogP contribution in [-0.2, 0) is 4.79 Å². The van der Waals surface area contributed by atoms with E-state index in [1.165, 1.54) is 0 Å². The van der Waals surface area contributed by atoms with Crippen molar-refractivity contribution in [3.63, 3.8) is 0 Å². The van der Waals surface area contributed by atoms with Gasteiger partial charge in [-0.15, -0.1) is 0 Å². The number of nitrogens with zero attached hydrogens (tertiary/aromatic N) is 1. The van der Waals surface area contributed by atoms with Crippen LogP contribution in [0.2, 0.25) is 0 Å². The van der Waals surface area contributed by atoms with Gasteiger partial charge in [0.2, 0.25) is 5.91 Å². The molecule has 1 amide bonds. The lowest BCUT2D eigenvalue weighted by Gasteiger charge is -2.27. The highest BCUT2D eigenvalue weighted by Crippen LogP contribution is 2.22. The molecule has 0 radical (unpaired) electrons. The molecule has 4 nitrogen and oxygen atoms in total. The van der Waals surface area contributed by atoms with Crippen LogP contribution in [0.3, 0.4) is 0 Å². The summed E-state index contributed by atoms with van der Waals surface area (Å²) in [6.45, 7) is 1.81. The second kappa shape index (κ2) is 5.87. The molecule has 18 heavy (non-hydrogen) atoms. The number of benzene rings is 1. The van der Waals surface area contributed by atoms with Crippen LogP contribution in [0.25, 0.3) is 0 Å². The molecule has 0 saturated carbocycles. The van der Waals surface area contributed by atoms with Crippen molar-refractivity contribution < 1.29 is 9.53 Å². The van der Waals surface area contributed by atoms with Crippen molar-refractivity contribution in [2.75, 3.05) is 32.1 Å². The van der Waals surface area contributed by atoms with E-state index in [2.05, 4.69) is 5.32 Å². The molecule has 1 saturated heterocycles. The van der Waals surface area contributed by atoms with Crippen molar-refractivity contribution in [2.45, 2.75) is 12.8 Å². The normalized spacial score (nSPS) is 19.3. The van der Waals surface area contributed by atoms with Gasteiger partial charge >= 0.3 is 0 Å². The van der Waals surface area contributed by atoms with Crippen molar-refractivity contribution in [1.29, 1.82) is 0 Å². The molecular weight excluding hydrogens is 228 g/mol. The van der Waals surface area contributed by atoms with Gasteiger partial charge in [-0.2, -0.15) is 0 Å². The van der Waals surface area contributed by atoms with Crippen LogP contribution in [0.5, 0.6) is 5.75 Å². The Kier molecular flexibility index (Phi) is 4.20. The fourth-order valence-corrected chi connectivity index (χ4v) is 2.28. The first-order valence-corrected chi connectivity index (χ1v) is 6.34. The van der Waals surface area contributed by atoms with E-state index in [4.69, 9.17) is 4.74 Å². The number of piperidine rings is 1. The van der Waals surface area contributed by atoms with Crippen molar-refractivity contribution in [3.8, 4) is 5.75 Å². The summed E-state index contributed by atoms with van der Waals surface area (Å²) in [6.07, 6.45) is 2.04. The van der Waals surface area contributed by atoms with Gasteiger partial charge in [0.25, 0.3) is 0 Å². The zero-order valence-electron chi connectivity index (χ0n) is 11.0. The first-order chi connectivity index (χ1) is 8.72. The predicted molar refractivity (Wildman–Crippen MR) is 72.0 cm³/mol. The van der Waals surface area contributed by atoms with Crippen LogP contribution in [0, 0.1) is 5.92 Å². The van der Waals surface area contributed by atoms with Crippen LogP contribution in [0.15, 0.2) is 24.3 Å². The molecule has 1 heterocycles. The minimum absolute atomic E-state index is 0.0925. The summed E-state index contributed by atoms with van der Waals surface area (Å²) in [5, 5.41) is 3.27. The Morgan fingerprint density at radius 1 is 1.50 bits per heavy atom. The lowest BCUT2D eigenvalue weighted by Crippen LogP contribution is -2.41. The number of amides is 1. The number of anilines is 1. The molecule has 98 valence electrons. The topological polar surface area (TPSA) is 41.6 Å². The Morgan fingerprint density at radius 3 is 3.00 bits per heavy atom. The number of methoxy groups -OCH3 is 1. The van der Waals surface area contributed by atoms with Gasteiger partial charge in [-0.25, -0.2) is 0 Å². The average Bonchev–Trinajstić information content (AvgIpc) is 2.46. The largest absolute Gasteiger partial charge is 0.497 e. The molecule has 1 fully saturated rings. The quantitative estimate of drug-likeness (QED) is 0.884. The van der Waals surface area contributed by atoms with Gasteiger partial charge in [-0.3, -0.25) is 4.79 Å². The third kappa shape index (κ3) is 2.82. The van der Waals surface area contributed by atoms with Gasteiger partial charge in [0, 0.05) is 25.3 Å². The minimum Gasteiger partial charge on any atom is -0.497 e. The lowest BCUT2D eigenvalue weighted by molar-refractivity contribution is -0.122. The molecule has 1 unspecified atom stereocenters. The maximum absolute atomic E-state index is 12.3. The molecule has 1 aliphatic heterocycles. The summed E-state index contributed by atoms with van der Waals surface area (Å²) in [5.74, 6) is 1.04. The van der Waals surface area contributed by atoms with Gasteiger partial charge in [0.1, 0.15) is 5.75 Å². The molecule has 1 atom stereocenters. The third-order valence-corrected chi connectivity index (χ3v) is 3.42. The van der Waals surface area contributed by atoms with E-state index in [-0.39, 0.29) is 11.8 Å². The zero-order chi connectivity index (χ0) is 13.0. The van der Waals surface area contributed by atoms with E-state index >= 15 is 0 Å². The maximum Gasteiger partial charge on any atom is 0.231 e. The Labute approximate surface area is 108 Å². The van der Waals surface area contributed by atoms with E-state index in [1.54, 1.807) is 12.0 Å². The van der Waals surface area contributed by atoms with Gasteiger partial charge < -0.3 is 15.0 Å². The van der Waals surface area contributed by atoms with Crippen molar-refractivity contribution in [3.05, 3.63) is 24.3 Å². The van der Waals surface area contributed by atoms with Gasteiger partial charge in [-0.05, 0) is 31.5 Å². The van der Waals surface area contributed by atoms with Crippen molar-refractivity contribution >= 4 is 11.6 Å². The molecule has 4 heteroatoms. The number of hydrogen-bond acceptors (Lipinski definition) is 3. The summed E-state index contributed by atoms with van der Waals surface area (Å²) in [6, 6.07) is 7.59. The van der Waals surface area contributed by atoms with Crippen LogP contribution in [-0.4, -0.2) is 33.2 Å². The third-order valence-electron chi connectivity index (χ3n) is 3.42. The summed E-state index contributed by atoms with van der Waals surface area (Å²) >= 11 is 0. The number of carbonyl (C=O) groups is 1. The highest BCUT2D eigenvalue weighted by Gasteiger charge is 2.24. The predicted octanol–water partition coefficient (Wildman–Crippen LogP) is 1.66. The lowest BCUT2D eigenvalue weighted by atomic mass is 9.98. The molecule has 0 aromatic heterocycles. The van der Waals surface area contributed by atoms with Gasteiger partial charge in [0.15, 0.2) is 0 Å². The molecule has 1 aliphatic rings. The van der Waals surface area contributed by atoms with Crippen LogP contribution < -0.4 is 15.0 Å². The zero-order valence-corrected chi connectivity index (χ0v) is 11.0. The SMILES string of the molecule is COc1cccc(N(C)C(=O)C2CCCNC2)c1. The van der Waals surface area contributed by atoms with E-state index in [9.17, 15) is 4.79 Å². The number of carbonyl (C=O) groups excluding carboxylic acids is 1. The first kappa shape index (κ1) is 12.9. The Hall–Kier alpha value is -1.55. The molecule has 2 rings (SSSR count). The summed E-state index contributed by atoms with van der Waals surface area (Å²) in [5.41, 5.74) is 0.880. The number of ether oxygens (including phenoxy) is 1. The van der Waals surface area contributed by atoms with Crippen molar-refractivity contribution in [1.82, 2.24) is 5.32 Å². The standard InChI is InChI=1S/C14H20N2O2/c1-16(12-6-3-7-13(9-12)18-2)14(17)11-5-4-8-15-10-11/h3,6-7,9,11,15H,4-5,8,10H2,1-2H3. The maximum atomic E-state index is 12.3. The number of rotatable bonds is 3. The van der Waals surface area contributed by atoms with Crippen LogP contribution in [0.4, 0.5) is 5.69 Å². The van der Waals surface area contributed by atoms with E-state index in [1.807, 2.05) is 31.3 Å². The molecule has 0 aliphatic carbocycles. The minimum atomic E-state index is 0.0925. The molecule has 1 N–H and O–H groups in total. The number of hydrogen-bond donors (Lipinski definition) is 1. The molecule has 1 aromatic carbocycles. The molecular formula is C14H20N2O2. The Morgan fingerprint density at radius 2 is 2.33 bits per heavy atom. The monoisotopic (exact) mass is 248 g/mol. The first-order valence-electron chi connectivity index (χ1n) is 6.34. The molecule has 0 bridgehead atoms. The fraction of sp³-hybridized carbons (Fsp3) is 0.500. The second-order valence-corrected chi connectivity index (χ2v) is 4.64. The average molecular weight is 248 g/mol. The number of nitrogens with one attached hydrogen (secondary N) is 1. The van der Waals surface area contributed by atoms with E-state index < -0.39 is 0 Å². The smallest absolute Gasteiger partial charge is 0.231 e. The van der Waals surface area contributed by atoms with Crippen LogP contribution in [0.1, 0.15) is 12.8 Å². The van der Waals surface area contributed by atoms with Crippen LogP contribution >= 0.6 is 0 Å². The molecule has 0 spiro atoms. The van der Waals surface area contributed by atoms with Gasteiger partial charge in [-0.1, -0.05) is 6.07 Å². The highest BCUT2D eigenvalue weighted by atomic mass is 16.5.